The Labute approximate surface area is 177 Å². The largest absolute Gasteiger partial charge is 0.298 e. The van der Waals surface area contributed by atoms with E-state index in [9.17, 15) is 17.2 Å². The number of hydrazone groups is 1. The normalized spacial score (nSPS) is 12.0. The summed E-state index contributed by atoms with van der Waals surface area (Å²) >= 11 is 0. The number of fused-ring (bicyclic) bond motifs is 1. The minimum absolute atomic E-state index is 0.161. The van der Waals surface area contributed by atoms with Crippen molar-refractivity contribution in [2.45, 2.75) is 11.8 Å². The summed E-state index contributed by atoms with van der Waals surface area (Å²) in [6.45, 7) is 1.58. The highest BCUT2D eigenvalue weighted by Crippen LogP contribution is 2.22. The van der Waals surface area contributed by atoms with Crippen molar-refractivity contribution in [1.29, 1.82) is 0 Å². The number of benzene rings is 1. The first kappa shape index (κ1) is 20.6. The molecule has 0 N–H and O–H groups in total. The second-order valence-electron chi connectivity index (χ2n) is 6.81. The number of nitrogens with zero attached hydrogens (tertiary/aromatic N) is 5. The van der Waals surface area contributed by atoms with E-state index in [-0.39, 0.29) is 4.90 Å². The lowest BCUT2D eigenvalue weighted by atomic mass is 10.1. The van der Waals surface area contributed by atoms with E-state index in [0.29, 0.717) is 28.0 Å². The molecule has 3 aromatic heterocycles. The SMILES string of the molecule is Cc1ccc(F)cc1S(=O)(=O)N(C)N=Cc1cnc2ccc(-c3cncc(F)c3)cn12. The summed E-state index contributed by atoms with van der Waals surface area (Å²) in [4.78, 5) is 7.95. The van der Waals surface area contributed by atoms with Gasteiger partial charge in [0.1, 0.15) is 17.3 Å². The Morgan fingerprint density at radius 1 is 1.03 bits per heavy atom. The number of pyridine rings is 2. The van der Waals surface area contributed by atoms with Crippen LogP contribution in [0.1, 0.15) is 11.3 Å². The van der Waals surface area contributed by atoms with Gasteiger partial charge in [0.05, 0.1) is 29.2 Å². The topological polar surface area (TPSA) is 79.9 Å². The lowest BCUT2D eigenvalue weighted by Gasteiger charge is -2.15. The number of hydrogen-bond acceptors (Lipinski definition) is 5. The zero-order valence-electron chi connectivity index (χ0n) is 16.6. The summed E-state index contributed by atoms with van der Waals surface area (Å²) in [7, 11) is -2.77. The number of aromatic nitrogens is 3. The maximum Gasteiger partial charge on any atom is 0.279 e. The van der Waals surface area contributed by atoms with Crippen LogP contribution in [0, 0.1) is 18.6 Å². The number of sulfonamides is 1. The molecule has 0 fully saturated rings. The molecular formula is C21H17F2N5O2S. The van der Waals surface area contributed by atoms with Crippen LogP contribution in [0.25, 0.3) is 16.8 Å². The van der Waals surface area contributed by atoms with E-state index in [1.54, 1.807) is 29.7 Å². The third-order valence-corrected chi connectivity index (χ3v) is 6.49. The molecule has 7 nitrogen and oxygen atoms in total. The Morgan fingerprint density at radius 2 is 1.84 bits per heavy atom. The molecule has 0 spiro atoms. The van der Waals surface area contributed by atoms with Gasteiger partial charge < -0.3 is 0 Å². The number of imidazole rings is 1. The predicted octanol–water partition coefficient (Wildman–Crippen LogP) is 3.64. The molecule has 0 aliphatic rings. The van der Waals surface area contributed by atoms with E-state index in [1.165, 1.54) is 43.9 Å². The van der Waals surface area contributed by atoms with Crippen molar-refractivity contribution in [3.63, 3.8) is 0 Å². The van der Waals surface area contributed by atoms with Crippen molar-refractivity contribution in [3.8, 4) is 11.1 Å². The summed E-state index contributed by atoms with van der Waals surface area (Å²) in [6, 6.07) is 8.44. The van der Waals surface area contributed by atoms with Gasteiger partial charge in [0.2, 0.25) is 0 Å². The van der Waals surface area contributed by atoms with Crippen molar-refractivity contribution in [2.24, 2.45) is 5.10 Å². The molecule has 4 rings (SSSR count). The summed E-state index contributed by atoms with van der Waals surface area (Å²) in [5, 5.41) is 4.02. The van der Waals surface area contributed by atoms with E-state index >= 15 is 0 Å². The third-order valence-electron chi connectivity index (χ3n) is 4.70. The van der Waals surface area contributed by atoms with Gasteiger partial charge in [-0.25, -0.2) is 13.8 Å². The van der Waals surface area contributed by atoms with Crippen LogP contribution in [0.4, 0.5) is 8.78 Å². The molecule has 0 unspecified atom stereocenters. The maximum absolute atomic E-state index is 13.6. The first-order valence-electron chi connectivity index (χ1n) is 9.13. The van der Waals surface area contributed by atoms with Gasteiger partial charge in [-0.2, -0.15) is 17.9 Å². The van der Waals surface area contributed by atoms with Crippen LogP contribution in [0.3, 0.4) is 0 Å². The standard InChI is InChI=1S/C21H17F2N5O2S/c1-14-3-5-17(22)8-20(14)31(29,30)27(2)26-12-19-11-25-21-6-4-15(13-28(19)21)16-7-18(23)10-24-9-16/h3-13H,1-2H3. The highest BCUT2D eigenvalue weighted by molar-refractivity contribution is 7.89. The molecule has 0 saturated heterocycles. The van der Waals surface area contributed by atoms with Crippen molar-refractivity contribution in [2.75, 3.05) is 7.05 Å². The van der Waals surface area contributed by atoms with Crippen molar-refractivity contribution in [1.82, 2.24) is 18.8 Å². The zero-order valence-corrected chi connectivity index (χ0v) is 17.4. The number of aryl methyl sites for hydroxylation is 1. The Hall–Kier alpha value is -3.66. The molecule has 10 heteroatoms. The van der Waals surface area contributed by atoms with Gasteiger partial charge in [-0.05, 0) is 42.8 Å². The molecule has 0 radical (unpaired) electrons. The van der Waals surface area contributed by atoms with Crippen LogP contribution in [0.5, 0.6) is 0 Å². The quantitative estimate of drug-likeness (QED) is 0.350. The van der Waals surface area contributed by atoms with E-state index in [4.69, 9.17) is 0 Å². The van der Waals surface area contributed by atoms with Crippen LogP contribution in [0.15, 0.2) is 71.2 Å². The maximum atomic E-state index is 13.6. The number of halogens is 2. The molecular weight excluding hydrogens is 424 g/mol. The Kier molecular flexibility index (Phi) is 5.24. The molecule has 3 heterocycles. The molecule has 158 valence electrons. The van der Waals surface area contributed by atoms with Gasteiger partial charge in [-0.15, -0.1) is 0 Å². The van der Waals surface area contributed by atoms with E-state index in [2.05, 4.69) is 15.1 Å². The summed E-state index contributed by atoms with van der Waals surface area (Å²) < 4.78 is 55.1. The minimum Gasteiger partial charge on any atom is -0.298 e. The van der Waals surface area contributed by atoms with Crippen LogP contribution in [0.2, 0.25) is 0 Å². The smallest absolute Gasteiger partial charge is 0.279 e. The van der Waals surface area contributed by atoms with E-state index in [0.717, 1.165) is 16.7 Å². The molecule has 0 saturated carbocycles. The first-order valence-corrected chi connectivity index (χ1v) is 10.6. The van der Waals surface area contributed by atoms with Crippen LogP contribution < -0.4 is 0 Å². The number of rotatable bonds is 5. The van der Waals surface area contributed by atoms with Crippen LogP contribution in [-0.2, 0) is 10.0 Å². The van der Waals surface area contributed by atoms with Gasteiger partial charge >= 0.3 is 0 Å². The Bertz CT molecular complexity index is 1420. The fourth-order valence-electron chi connectivity index (χ4n) is 3.03. The molecule has 31 heavy (non-hydrogen) atoms. The van der Waals surface area contributed by atoms with Crippen molar-refractivity contribution in [3.05, 3.63) is 84.1 Å². The predicted molar refractivity (Wildman–Crippen MR) is 112 cm³/mol. The zero-order chi connectivity index (χ0) is 22.2. The van der Waals surface area contributed by atoms with E-state index < -0.39 is 21.7 Å². The second-order valence-corrected chi connectivity index (χ2v) is 8.73. The second kappa shape index (κ2) is 7.88. The highest BCUT2D eigenvalue weighted by atomic mass is 32.2. The lowest BCUT2D eigenvalue weighted by molar-refractivity contribution is 0.489. The average Bonchev–Trinajstić information content (AvgIpc) is 3.15. The average molecular weight is 441 g/mol. The molecule has 1 aromatic carbocycles. The highest BCUT2D eigenvalue weighted by Gasteiger charge is 2.22. The lowest BCUT2D eigenvalue weighted by Crippen LogP contribution is -2.23. The molecule has 0 amide bonds. The van der Waals surface area contributed by atoms with Crippen LogP contribution in [-0.4, -0.2) is 40.5 Å². The molecule has 4 aromatic rings. The third kappa shape index (κ3) is 4.02. The fraction of sp³-hybridized carbons (Fsp3) is 0.0952. The van der Waals surface area contributed by atoms with Gasteiger partial charge in [-0.3, -0.25) is 9.38 Å². The summed E-state index contributed by atoms with van der Waals surface area (Å²) in [5.74, 6) is -1.10. The van der Waals surface area contributed by atoms with Gasteiger partial charge in [0.25, 0.3) is 10.0 Å². The van der Waals surface area contributed by atoms with Crippen molar-refractivity contribution >= 4 is 21.9 Å². The summed E-state index contributed by atoms with van der Waals surface area (Å²) in [5.41, 5.74) is 2.79. The monoisotopic (exact) mass is 441 g/mol. The van der Waals surface area contributed by atoms with Crippen LogP contribution >= 0.6 is 0 Å². The Morgan fingerprint density at radius 3 is 2.61 bits per heavy atom. The molecule has 0 bridgehead atoms. The first-order chi connectivity index (χ1) is 14.8. The van der Waals surface area contributed by atoms with Gasteiger partial charge in [-0.1, -0.05) is 6.07 Å². The number of hydrogen-bond donors (Lipinski definition) is 0. The van der Waals surface area contributed by atoms with Gasteiger partial charge in [0.15, 0.2) is 0 Å². The fourth-order valence-corrected chi connectivity index (χ4v) is 4.22. The van der Waals surface area contributed by atoms with E-state index in [1.807, 2.05) is 0 Å². The van der Waals surface area contributed by atoms with Crippen molar-refractivity contribution < 1.29 is 17.2 Å². The Balaban J connectivity index is 1.68. The molecule has 0 aliphatic heterocycles. The summed E-state index contributed by atoms with van der Waals surface area (Å²) in [6.07, 6.45) is 7.25. The van der Waals surface area contributed by atoms with Gasteiger partial charge in [0, 0.05) is 30.6 Å². The minimum atomic E-state index is -4.04. The molecule has 0 aliphatic carbocycles. The molecule has 0 atom stereocenters.